The highest BCUT2D eigenvalue weighted by molar-refractivity contribution is 5.63. The van der Waals surface area contributed by atoms with E-state index < -0.39 is 11.9 Å². The molecule has 25 heavy (non-hydrogen) atoms. The van der Waals surface area contributed by atoms with E-state index in [0.717, 1.165) is 22.6 Å². The first-order valence-corrected chi connectivity index (χ1v) is 7.99. The molecule has 0 aliphatic carbocycles. The van der Waals surface area contributed by atoms with Crippen LogP contribution in [0.5, 0.6) is 5.75 Å². The number of methoxy groups -OCH3 is 1. The van der Waals surface area contributed by atoms with Crippen molar-refractivity contribution in [3.8, 4) is 17.0 Å². The van der Waals surface area contributed by atoms with Crippen molar-refractivity contribution >= 4 is 0 Å². The van der Waals surface area contributed by atoms with Crippen molar-refractivity contribution in [1.82, 2.24) is 15.5 Å². The molecular weight excluding hydrogens is 321 g/mol. The Kier molecular flexibility index (Phi) is 5.42. The lowest BCUT2D eigenvalue weighted by atomic mass is 10.1. The van der Waals surface area contributed by atoms with Crippen molar-refractivity contribution in [2.24, 2.45) is 0 Å². The van der Waals surface area contributed by atoms with E-state index in [1.807, 2.05) is 24.3 Å². The first-order valence-electron chi connectivity index (χ1n) is 7.99. The highest BCUT2D eigenvalue weighted by Gasteiger charge is 2.13. The van der Waals surface area contributed by atoms with Gasteiger partial charge in [0.25, 0.3) is 0 Å². The molecule has 1 aromatic heterocycles. The summed E-state index contributed by atoms with van der Waals surface area (Å²) in [6.45, 7) is 0.748. The van der Waals surface area contributed by atoms with Crippen LogP contribution >= 0.6 is 0 Å². The summed E-state index contributed by atoms with van der Waals surface area (Å²) < 4.78 is 18.8. The number of ether oxygens (including phenoxy) is 1. The monoisotopic (exact) mass is 341 g/mol. The number of aliphatic hydroxyl groups is 1. The fourth-order valence-electron chi connectivity index (χ4n) is 2.65. The lowest BCUT2D eigenvalue weighted by Gasteiger charge is -2.13. The molecule has 0 fully saturated rings. The Morgan fingerprint density at radius 1 is 1.20 bits per heavy atom. The maximum absolute atomic E-state index is 13.7. The number of hydrogen-bond donors (Lipinski definition) is 3. The van der Waals surface area contributed by atoms with Crippen LogP contribution < -0.4 is 10.1 Å². The minimum absolute atomic E-state index is 0.244. The smallest absolute Gasteiger partial charge is 0.129 e. The molecular formula is C19H20FN3O2. The number of hydrogen-bond acceptors (Lipinski definition) is 4. The van der Waals surface area contributed by atoms with Gasteiger partial charge in [-0.25, -0.2) is 4.39 Å². The number of nitrogens with one attached hydrogen (secondary N) is 2. The van der Waals surface area contributed by atoms with Crippen LogP contribution in [0, 0.1) is 5.82 Å². The van der Waals surface area contributed by atoms with Crippen molar-refractivity contribution in [3.05, 3.63) is 71.7 Å². The maximum atomic E-state index is 13.7. The number of halogens is 1. The van der Waals surface area contributed by atoms with Gasteiger partial charge in [-0.3, -0.25) is 5.10 Å². The molecule has 6 heteroatoms. The van der Waals surface area contributed by atoms with Gasteiger partial charge in [-0.05, 0) is 30.3 Å². The zero-order valence-electron chi connectivity index (χ0n) is 13.9. The minimum Gasteiger partial charge on any atom is -0.497 e. The average Bonchev–Trinajstić information content (AvgIpc) is 3.10. The summed E-state index contributed by atoms with van der Waals surface area (Å²) in [5.41, 5.74) is 3.14. The van der Waals surface area contributed by atoms with E-state index in [2.05, 4.69) is 15.5 Å². The van der Waals surface area contributed by atoms with Gasteiger partial charge in [0.2, 0.25) is 0 Å². The lowest BCUT2D eigenvalue weighted by molar-refractivity contribution is 0.169. The highest BCUT2D eigenvalue weighted by Crippen LogP contribution is 2.24. The molecule has 3 rings (SSSR count). The fraction of sp³-hybridized carbons (Fsp3) is 0.211. The molecule has 3 N–H and O–H groups in total. The Balaban J connectivity index is 1.63. The second-order valence-electron chi connectivity index (χ2n) is 5.67. The summed E-state index contributed by atoms with van der Waals surface area (Å²) in [5.74, 6) is 0.384. The van der Waals surface area contributed by atoms with Crippen LogP contribution in [-0.4, -0.2) is 29.0 Å². The van der Waals surface area contributed by atoms with Gasteiger partial charge in [-0.15, -0.1) is 0 Å². The molecule has 0 saturated heterocycles. The van der Waals surface area contributed by atoms with E-state index >= 15 is 0 Å². The predicted octanol–water partition coefficient (Wildman–Crippen LogP) is 3.05. The SMILES string of the molecule is COc1ccc(-c2[nH]ncc2CNCC(O)c2ccccc2F)cc1. The zero-order chi connectivity index (χ0) is 17.6. The second kappa shape index (κ2) is 7.92. The van der Waals surface area contributed by atoms with Gasteiger partial charge < -0.3 is 15.2 Å². The van der Waals surface area contributed by atoms with Crippen LogP contribution in [0.1, 0.15) is 17.2 Å². The van der Waals surface area contributed by atoms with Crippen molar-refractivity contribution in [2.75, 3.05) is 13.7 Å². The molecule has 0 saturated carbocycles. The van der Waals surface area contributed by atoms with E-state index in [0.29, 0.717) is 6.54 Å². The fourth-order valence-corrected chi connectivity index (χ4v) is 2.65. The Morgan fingerprint density at radius 2 is 1.96 bits per heavy atom. The maximum Gasteiger partial charge on any atom is 0.129 e. The molecule has 0 spiro atoms. The van der Waals surface area contributed by atoms with Crippen molar-refractivity contribution in [3.63, 3.8) is 0 Å². The normalized spacial score (nSPS) is 12.1. The number of aliphatic hydroxyl groups excluding tert-OH is 1. The quantitative estimate of drug-likeness (QED) is 0.618. The van der Waals surface area contributed by atoms with Crippen LogP contribution in [0.25, 0.3) is 11.3 Å². The molecule has 0 radical (unpaired) electrons. The minimum atomic E-state index is -0.905. The van der Waals surface area contributed by atoms with Crippen LogP contribution in [0.2, 0.25) is 0 Å². The molecule has 0 amide bonds. The van der Waals surface area contributed by atoms with E-state index in [-0.39, 0.29) is 12.1 Å². The number of aromatic nitrogens is 2. The van der Waals surface area contributed by atoms with E-state index in [1.165, 1.54) is 6.07 Å². The van der Waals surface area contributed by atoms with Gasteiger partial charge in [0.05, 0.1) is 25.1 Å². The molecule has 0 aliphatic rings. The van der Waals surface area contributed by atoms with Gasteiger partial charge in [-0.2, -0.15) is 5.10 Å². The largest absolute Gasteiger partial charge is 0.497 e. The Labute approximate surface area is 145 Å². The summed E-state index contributed by atoms with van der Waals surface area (Å²) in [5, 5.41) is 20.4. The summed E-state index contributed by atoms with van der Waals surface area (Å²) >= 11 is 0. The molecule has 1 unspecified atom stereocenters. The Hall–Kier alpha value is -2.70. The second-order valence-corrected chi connectivity index (χ2v) is 5.67. The number of benzene rings is 2. The average molecular weight is 341 g/mol. The summed E-state index contributed by atoms with van der Waals surface area (Å²) in [6, 6.07) is 13.9. The van der Waals surface area contributed by atoms with Crippen LogP contribution in [-0.2, 0) is 6.54 Å². The van der Waals surface area contributed by atoms with Crippen LogP contribution in [0.3, 0.4) is 0 Å². The van der Waals surface area contributed by atoms with E-state index in [9.17, 15) is 9.50 Å². The van der Waals surface area contributed by atoms with Crippen LogP contribution in [0.15, 0.2) is 54.7 Å². The van der Waals surface area contributed by atoms with Gasteiger partial charge in [-0.1, -0.05) is 18.2 Å². The van der Waals surface area contributed by atoms with E-state index in [1.54, 1.807) is 31.5 Å². The molecule has 1 atom stereocenters. The number of rotatable bonds is 7. The van der Waals surface area contributed by atoms with Gasteiger partial charge in [0.1, 0.15) is 11.6 Å². The van der Waals surface area contributed by atoms with Gasteiger partial charge in [0, 0.05) is 29.8 Å². The number of aromatic amines is 1. The van der Waals surface area contributed by atoms with Gasteiger partial charge >= 0.3 is 0 Å². The first kappa shape index (κ1) is 17.1. The standard InChI is InChI=1S/C19H20FN3O2/c1-25-15-8-6-13(7-9-15)19-14(11-22-23-19)10-21-12-18(24)16-4-2-3-5-17(16)20/h2-9,11,18,21,24H,10,12H2,1H3,(H,22,23). The molecule has 130 valence electrons. The van der Waals surface area contributed by atoms with Gasteiger partial charge in [0.15, 0.2) is 0 Å². The molecule has 1 heterocycles. The molecule has 2 aromatic carbocycles. The molecule has 5 nitrogen and oxygen atoms in total. The molecule has 0 bridgehead atoms. The third-order valence-electron chi connectivity index (χ3n) is 4.01. The summed E-state index contributed by atoms with van der Waals surface area (Å²) in [6.07, 6.45) is 0.833. The van der Waals surface area contributed by atoms with Crippen molar-refractivity contribution < 1.29 is 14.2 Å². The molecule has 3 aromatic rings. The number of H-pyrrole nitrogens is 1. The highest BCUT2D eigenvalue weighted by atomic mass is 19.1. The third kappa shape index (κ3) is 4.04. The van der Waals surface area contributed by atoms with E-state index in [4.69, 9.17) is 4.74 Å². The molecule has 0 aliphatic heterocycles. The van der Waals surface area contributed by atoms with Crippen molar-refractivity contribution in [1.29, 1.82) is 0 Å². The Morgan fingerprint density at radius 3 is 2.68 bits per heavy atom. The number of nitrogens with zero attached hydrogens (tertiary/aromatic N) is 1. The summed E-state index contributed by atoms with van der Waals surface area (Å²) in [7, 11) is 1.63. The van der Waals surface area contributed by atoms with Crippen molar-refractivity contribution in [2.45, 2.75) is 12.6 Å². The predicted molar refractivity (Wildman–Crippen MR) is 93.6 cm³/mol. The topological polar surface area (TPSA) is 70.2 Å². The van der Waals surface area contributed by atoms with Crippen LogP contribution in [0.4, 0.5) is 4.39 Å². The lowest BCUT2D eigenvalue weighted by Crippen LogP contribution is -2.21. The Bertz CT molecular complexity index is 818. The first-order chi connectivity index (χ1) is 12.2. The third-order valence-corrected chi connectivity index (χ3v) is 4.01. The summed E-state index contributed by atoms with van der Waals surface area (Å²) in [4.78, 5) is 0. The zero-order valence-corrected chi connectivity index (χ0v) is 13.9.